The van der Waals surface area contributed by atoms with Gasteiger partial charge in [-0.15, -0.1) is 0 Å². The highest BCUT2D eigenvalue weighted by Crippen LogP contribution is 2.31. The van der Waals surface area contributed by atoms with Gasteiger partial charge in [-0.05, 0) is 62.7 Å². The Morgan fingerprint density at radius 1 is 1.00 bits per heavy atom. The molecule has 28 heavy (non-hydrogen) atoms. The summed E-state index contributed by atoms with van der Waals surface area (Å²) in [6, 6.07) is 10.9. The van der Waals surface area contributed by atoms with Crippen molar-refractivity contribution in [3.8, 4) is 11.5 Å². The molecule has 7 nitrogen and oxygen atoms in total. The highest BCUT2D eigenvalue weighted by Gasteiger charge is 2.19. The van der Waals surface area contributed by atoms with E-state index in [0.29, 0.717) is 30.4 Å². The van der Waals surface area contributed by atoms with Crippen molar-refractivity contribution in [2.24, 2.45) is 0 Å². The first-order valence-electron chi connectivity index (χ1n) is 9.06. The fourth-order valence-corrected chi connectivity index (χ4v) is 3.86. The van der Waals surface area contributed by atoms with Crippen molar-refractivity contribution in [1.29, 1.82) is 0 Å². The highest BCUT2D eigenvalue weighted by molar-refractivity contribution is 7.89. The molecule has 2 aromatic carbocycles. The fourth-order valence-electron chi connectivity index (χ4n) is 2.63. The topological polar surface area (TPSA) is 93.7 Å². The number of hydrogen-bond acceptors (Lipinski definition) is 5. The summed E-state index contributed by atoms with van der Waals surface area (Å²) in [6.07, 6.45) is 0. The van der Waals surface area contributed by atoms with Gasteiger partial charge < -0.3 is 14.8 Å². The summed E-state index contributed by atoms with van der Waals surface area (Å²) < 4.78 is 39.2. The maximum Gasteiger partial charge on any atom is 0.241 e. The van der Waals surface area contributed by atoms with E-state index < -0.39 is 16.1 Å². The van der Waals surface area contributed by atoms with Crippen LogP contribution in [0.3, 0.4) is 0 Å². The number of benzene rings is 2. The Balaban J connectivity index is 2.19. The minimum Gasteiger partial charge on any atom is -0.490 e. The normalized spacial score (nSPS) is 12.3. The van der Waals surface area contributed by atoms with Gasteiger partial charge in [-0.3, -0.25) is 4.79 Å². The molecule has 0 bridgehead atoms. The number of hydrogen-bond donors (Lipinski definition) is 2. The van der Waals surface area contributed by atoms with E-state index in [1.54, 1.807) is 37.3 Å². The zero-order valence-corrected chi connectivity index (χ0v) is 17.3. The van der Waals surface area contributed by atoms with E-state index in [2.05, 4.69) is 10.0 Å². The summed E-state index contributed by atoms with van der Waals surface area (Å²) in [7, 11) is -3.73. The molecule has 0 saturated carbocycles. The number of ether oxygens (including phenoxy) is 2. The predicted octanol–water partition coefficient (Wildman–Crippen LogP) is 3.48. The van der Waals surface area contributed by atoms with E-state index in [4.69, 9.17) is 9.47 Å². The Labute approximate surface area is 166 Å². The molecule has 2 rings (SSSR count). The van der Waals surface area contributed by atoms with Crippen molar-refractivity contribution in [1.82, 2.24) is 4.72 Å². The van der Waals surface area contributed by atoms with Crippen LogP contribution in [0.1, 0.15) is 39.3 Å². The van der Waals surface area contributed by atoms with Crippen molar-refractivity contribution in [2.45, 2.75) is 38.6 Å². The van der Waals surface area contributed by atoms with Crippen LogP contribution in [-0.4, -0.2) is 27.5 Å². The maximum atomic E-state index is 12.7. The zero-order chi connectivity index (χ0) is 20.7. The van der Waals surface area contributed by atoms with Gasteiger partial charge >= 0.3 is 0 Å². The lowest BCUT2D eigenvalue weighted by atomic mass is 10.1. The smallest absolute Gasteiger partial charge is 0.241 e. The molecule has 2 aromatic rings. The first-order chi connectivity index (χ1) is 13.3. The van der Waals surface area contributed by atoms with E-state index >= 15 is 0 Å². The third-order valence-corrected chi connectivity index (χ3v) is 5.44. The molecule has 2 N–H and O–H groups in total. The summed E-state index contributed by atoms with van der Waals surface area (Å²) in [5, 5.41) is 2.60. The van der Waals surface area contributed by atoms with Gasteiger partial charge in [0.1, 0.15) is 0 Å². The molecule has 0 aromatic heterocycles. The molecule has 0 aliphatic carbocycles. The molecular weight excluding hydrogens is 380 g/mol. The van der Waals surface area contributed by atoms with Crippen LogP contribution < -0.4 is 19.5 Å². The maximum absolute atomic E-state index is 12.7. The van der Waals surface area contributed by atoms with Gasteiger partial charge in [-0.25, -0.2) is 13.1 Å². The summed E-state index contributed by atoms with van der Waals surface area (Å²) in [5.41, 5.74) is 1.29. The highest BCUT2D eigenvalue weighted by atomic mass is 32.2. The Hall–Kier alpha value is -2.58. The van der Waals surface area contributed by atoms with E-state index in [1.807, 2.05) is 13.8 Å². The van der Waals surface area contributed by atoms with Gasteiger partial charge in [-0.1, -0.05) is 6.07 Å². The Morgan fingerprint density at radius 3 is 2.18 bits per heavy atom. The average Bonchev–Trinajstić information content (AvgIpc) is 2.63. The molecule has 0 aliphatic rings. The van der Waals surface area contributed by atoms with Gasteiger partial charge in [0.15, 0.2) is 11.5 Å². The van der Waals surface area contributed by atoms with Crippen molar-refractivity contribution in [3.05, 3.63) is 48.0 Å². The molecule has 0 aliphatic heterocycles. The van der Waals surface area contributed by atoms with Gasteiger partial charge in [0.2, 0.25) is 15.9 Å². The van der Waals surface area contributed by atoms with Gasteiger partial charge in [0.05, 0.1) is 18.1 Å². The first-order valence-corrected chi connectivity index (χ1v) is 10.5. The van der Waals surface area contributed by atoms with E-state index in [1.165, 1.54) is 19.1 Å². The standard InChI is InChI=1S/C20H26N2O5S/c1-5-26-19-12-7-16(13-20(19)27-6-2)14(3)22-28(24,25)18-10-8-17(9-11-18)21-15(4)23/h7-14,22H,5-6H2,1-4H3,(H,21,23)/t14-/m1/s1. The van der Waals surface area contributed by atoms with Crippen molar-refractivity contribution in [2.75, 3.05) is 18.5 Å². The Kier molecular flexibility index (Phi) is 7.42. The van der Waals surface area contributed by atoms with Gasteiger partial charge in [0.25, 0.3) is 0 Å². The Morgan fingerprint density at radius 2 is 1.61 bits per heavy atom. The van der Waals surface area contributed by atoms with E-state index in [-0.39, 0.29) is 10.8 Å². The molecule has 152 valence electrons. The molecule has 0 saturated heterocycles. The van der Waals surface area contributed by atoms with Crippen LogP contribution in [0.25, 0.3) is 0 Å². The van der Waals surface area contributed by atoms with Crippen molar-refractivity contribution < 1.29 is 22.7 Å². The second-order valence-corrected chi connectivity index (χ2v) is 7.83. The third kappa shape index (κ3) is 5.71. The lowest BCUT2D eigenvalue weighted by Crippen LogP contribution is -2.27. The molecule has 0 fully saturated rings. The van der Waals surface area contributed by atoms with Crippen LogP contribution in [0.15, 0.2) is 47.4 Å². The number of sulfonamides is 1. The number of nitrogens with one attached hydrogen (secondary N) is 2. The van der Waals surface area contributed by atoms with Crippen LogP contribution in [0.2, 0.25) is 0 Å². The SMILES string of the molecule is CCOc1ccc([C@@H](C)NS(=O)(=O)c2ccc(NC(C)=O)cc2)cc1OCC. The number of rotatable bonds is 9. The van der Waals surface area contributed by atoms with E-state index in [0.717, 1.165) is 5.56 Å². The average molecular weight is 407 g/mol. The Bertz CT molecular complexity index is 911. The lowest BCUT2D eigenvalue weighted by Gasteiger charge is -2.18. The summed E-state index contributed by atoms with van der Waals surface area (Å²) in [5.74, 6) is 0.979. The minimum atomic E-state index is -3.73. The molecule has 8 heteroatoms. The summed E-state index contributed by atoms with van der Waals surface area (Å²) in [6.45, 7) is 7.90. The van der Waals surface area contributed by atoms with Crippen molar-refractivity contribution >= 4 is 21.6 Å². The van der Waals surface area contributed by atoms with Crippen LogP contribution in [0, 0.1) is 0 Å². The molecule has 0 radical (unpaired) electrons. The molecule has 1 amide bonds. The number of amides is 1. The van der Waals surface area contributed by atoms with E-state index in [9.17, 15) is 13.2 Å². The third-order valence-electron chi connectivity index (χ3n) is 3.88. The van der Waals surface area contributed by atoms with Crippen LogP contribution in [-0.2, 0) is 14.8 Å². The van der Waals surface area contributed by atoms with Crippen LogP contribution in [0.5, 0.6) is 11.5 Å². The largest absolute Gasteiger partial charge is 0.490 e. The molecule has 0 spiro atoms. The number of anilines is 1. The number of carbonyl (C=O) groups is 1. The monoisotopic (exact) mass is 406 g/mol. The second kappa shape index (κ2) is 9.57. The first kappa shape index (κ1) is 21.7. The molecule has 0 unspecified atom stereocenters. The van der Waals surface area contributed by atoms with Gasteiger partial charge in [0, 0.05) is 18.7 Å². The molecular formula is C20H26N2O5S. The van der Waals surface area contributed by atoms with Gasteiger partial charge in [-0.2, -0.15) is 0 Å². The fraction of sp³-hybridized carbons (Fsp3) is 0.350. The predicted molar refractivity (Wildman–Crippen MR) is 108 cm³/mol. The quantitative estimate of drug-likeness (QED) is 0.665. The van der Waals surface area contributed by atoms with Crippen molar-refractivity contribution in [3.63, 3.8) is 0 Å². The van der Waals surface area contributed by atoms with Crippen LogP contribution in [0.4, 0.5) is 5.69 Å². The minimum absolute atomic E-state index is 0.115. The lowest BCUT2D eigenvalue weighted by molar-refractivity contribution is -0.114. The zero-order valence-electron chi connectivity index (χ0n) is 16.5. The number of carbonyl (C=O) groups excluding carboxylic acids is 1. The molecule has 0 heterocycles. The summed E-state index contributed by atoms with van der Waals surface area (Å²) >= 11 is 0. The second-order valence-electron chi connectivity index (χ2n) is 6.12. The summed E-state index contributed by atoms with van der Waals surface area (Å²) in [4.78, 5) is 11.2. The van der Waals surface area contributed by atoms with Crippen LogP contribution >= 0.6 is 0 Å². The molecule has 1 atom stereocenters.